The molecule has 0 saturated heterocycles. The average molecular weight is 414 g/mol. The van der Waals surface area contributed by atoms with E-state index in [4.69, 9.17) is 0 Å². The van der Waals surface area contributed by atoms with Gasteiger partial charge in [-0.3, -0.25) is 19.5 Å². The monoisotopic (exact) mass is 413 g/mol. The fourth-order valence-corrected chi connectivity index (χ4v) is 3.95. The molecule has 1 aromatic heterocycles. The number of aromatic nitrogens is 1. The highest BCUT2D eigenvalue weighted by molar-refractivity contribution is 7.11. The first kappa shape index (κ1) is 21.0. The van der Waals surface area contributed by atoms with Crippen LogP contribution in [0.25, 0.3) is 0 Å². The van der Waals surface area contributed by atoms with Gasteiger partial charge in [-0.2, -0.15) is 0 Å². The lowest BCUT2D eigenvalue weighted by Crippen LogP contribution is -2.38. The zero-order chi connectivity index (χ0) is 20.6. The highest BCUT2D eigenvalue weighted by atomic mass is 32.1. The number of nitrogens with one attached hydrogen (secondary N) is 2. The second-order valence-corrected chi connectivity index (χ2v) is 8.14. The third-order valence-corrected chi connectivity index (χ3v) is 5.56. The maximum Gasteiger partial charge on any atom is 0.261 e. The van der Waals surface area contributed by atoms with Gasteiger partial charge in [-0.05, 0) is 38.8 Å². The molecule has 0 aliphatic carbocycles. The Morgan fingerprint density at radius 1 is 1.14 bits per heavy atom. The molecule has 1 aromatic carbocycles. The van der Waals surface area contributed by atoms with Gasteiger partial charge >= 0.3 is 0 Å². The summed E-state index contributed by atoms with van der Waals surface area (Å²) in [7, 11) is 0. The first-order valence-corrected chi connectivity index (χ1v) is 10.8. The number of unbranched alkanes of at least 4 members (excludes halogenated alkanes) is 1. The zero-order valence-electron chi connectivity index (χ0n) is 16.9. The predicted octanol–water partition coefficient (Wildman–Crippen LogP) is 2.63. The van der Waals surface area contributed by atoms with Crippen LogP contribution in [0, 0.1) is 6.92 Å². The summed E-state index contributed by atoms with van der Waals surface area (Å²) < 4.78 is 0. The molecule has 2 aromatic rings. The fraction of sp³-hybridized carbons (Fsp3) is 0.429. The standard InChI is InChI=1S/C21H27N5O2S/c1-3-22-21(24-12-10-18-25-14-15(2)29-18)23-11-6-7-13-26-19(27)16-8-4-5-9-17(16)20(26)28/h4-5,8-9,14H,3,6-7,10-13H2,1-2H3,(H2,22,23,24). The molecular weight excluding hydrogens is 386 g/mol. The van der Waals surface area contributed by atoms with Crippen molar-refractivity contribution >= 4 is 29.1 Å². The van der Waals surface area contributed by atoms with Gasteiger partial charge in [0.1, 0.15) is 0 Å². The molecule has 1 aliphatic rings. The van der Waals surface area contributed by atoms with E-state index in [1.54, 1.807) is 35.6 Å². The van der Waals surface area contributed by atoms with Crippen LogP contribution in [-0.4, -0.2) is 53.8 Å². The minimum atomic E-state index is -0.193. The van der Waals surface area contributed by atoms with Crippen molar-refractivity contribution in [1.82, 2.24) is 20.5 Å². The zero-order valence-corrected chi connectivity index (χ0v) is 17.7. The molecule has 2 heterocycles. The van der Waals surface area contributed by atoms with Crippen LogP contribution in [0.3, 0.4) is 0 Å². The normalized spacial score (nSPS) is 13.7. The topological polar surface area (TPSA) is 86.7 Å². The molecule has 2 N–H and O–H groups in total. The molecule has 0 saturated carbocycles. The largest absolute Gasteiger partial charge is 0.357 e. The molecule has 0 atom stereocenters. The van der Waals surface area contributed by atoms with Crippen molar-refractivity contribution in [2.45, 2.75) is 33.1 Å². The number of hydrogen-bond donors (Lipinski definition) is 2. The van der Waals surface area contributed by atoms with E-state index < -0.39 is 0 Å². The molecule has 0 radical (unpaired) electrons. The van der Waals surface area contributed by atoms with Gasteiger partial charge < -0.3 is 10.6 Å². The molecule has 2 amide bonds. The molecule has 0 bridgehead atoms. The van der Waals surface area contributed by atoms with Crippen molar-refractivity contribution in [2.75, 3.05) is 26.2 Å². The van der Waals surface area contributed by atoms with E-state index in [0.29, 0.717) is 24.2 Å². The van der Waals surface area contributed by atoms with Crippen molar-refractivity contribution in [3.63, 3.8) is 0 Å². The Hall–Kier alpha value is -2.74. The third-order valence-electron chi connectivity index (χ3n) is 4.58. The molecule has 29 heavy (non-hydrogen) atoms. The quantitative estimate of drug-likeness (QED) is 0.286. The van der Waals surface area contributed by atoms with Crippen molar-refractivity contribution in [3.05, 3.63) is 51.5 Å². The van der Waals surface area contributed by atoms with E-state index in [0.717, 1.165) is 43.3 Å². The van der Waals surface area contributed by atoms with Gasteiger partial charge in [0.15, 0.2) is 5.96 Å². The van der Waals surface area contributed by atoms with Crippen LogP contribution in [0.5, 0.6) is 0 Å². The molecule has 0 spiro atoms. The maximum atomic E-state index is 12.4. The number of aryl methyl sites for hydroxylation is 1. The first-order chi connectivity index (χ1) is 14.1. The van der Waals surface area contributed by atoms with E-state index >= 15 is 0 Å². The first-order valence-electron chi connectivity index (χ1n) is 9.99. The summed E-state index contributed by atoms with van der Waals surface area (Å²) in [5.41, 5.74) is 1.01. The van der Waals surface area contributed by atoms with Crippen molar-refractivity contribution in [1.29, 1.82) is 0 Å². The smallest absolute Gasteiger partial charge is 0.261 e. The lowest BCUT2D eigenvalue weighted by Gasteiger charge is -2.13. The van der Waals surface area contributed by atoms with Gasteiger partial charge in [0.05, 0.1) is 16.1 Å². The van der Waals surface area contributed by atoms with Crippen molar-refractivity contribution < 1.29 is 9.59 Å². The highest BCUT2D eigenvalue weighted by Crippen LogP contribution is 2.22. The second kappa shape index (κ2) is 10.2. The Morgan fingerprint density at radius 3 is 2.48 bits per heavy atom. The number of amides is 2. The van der Waals surface area contributed by atoms with Gasteiger partial charge in [0, 0.05) is 43.7 Å². The molecule has 0 fully saturated rings. The Balaban J connectivity index is 1.41. The van der Waals surface area contributed by atoms with Gasteiger partial charge in [0.2, 0.25) is 0 Å². The van der Waals surface area contributed by atoms with Crippen LogP contribution in [-0.2, 0) is 6.42 Å². The summed E-state index contributed by atoms with van der Waals surface area (Å²) in [5, 5.41) is 7.68. The molecule has 7 nitrogen and oxygen atoms in total. The highest BCUT2D eigenvalue weighted by Gasteiger charge is 2.34. The number of guanidine groups is 1. The van der Waals surface area contributed by atoms with E-state index in [2.05, 4.69) is 27.5 Å². The maximum absolute atomic E-state index is 12.4. The van der Waals surface area contributed by atoms with Gasteiger partial charge in [-0.1, -0.05) is 12.1 Å². The van der Waals surface area contributed by atoms with Crippen LogP contribution in [0.4, 0.5) is 0 Å². The number of fused-ring (bicyclic) bond motifs is 1. The lowest BCUT2D eigenvalue weighted by molar-refractivity contribution is 0.0652. The van der Waals surface area contributed by atoms with E-state index in [1.165, 1.54) is 9.78 Å². The molecule has 0 unspecified atom stereocenters. The Bertz CT molecular complexity index is 858. The third kappa shape index (κ3) is 5.41. The van der Waals surface area contributed by atoms with Crippen molar-refractivity contribution in [2.24, 2.45) is 4.99 Å². The van der Waals surface area contributed by atoms with Gasteiger partial charge in [0.25, 0.3) is 11.8 Å². The van der Waals surface area contributed by atoms with Crippen LogP contribution in [0.1, 0.15) is 50.4 Å². The summed E-state index contributed by atoms with van der Waals surface area (Å²) in [5.74, 6) is 0.393. The van der Waals surface area contributed by atoms with Crippen LogP contribution >= 0.6 is 11.3 Å². The Kier molecular flexibility index (Phi) is 7.35. The Labute approximate surface area is 175 Å². The summed E-state index contributed by atoms with van der Waals surface area (Å²) >= 11 is 1.71. The molecule has 3 rings (SSSR count). The number of hydrogen-bond acceptors (Lipinski definition) is 5. The Morgan fingerprint density at radius 2 is 1.86 bits per heavy atom. The summed E-state index contributed by atoms with van der Waals surface area (Å²) in [6.45, 7) is 6.71. The molecular formula is C21H27N5O2S. The lowest BCUT2D eigenvalue weighted by atomic mass is 10.1. The molecule has 1 aliphatic heterocycles. The molecule has 154 valence electrons. The number of aliphatic imine (C=N–C) groups is 1. The summed E-state index contributed by atoms with van der Waals surface area (Å²) in [6, 6.07) is 6.99. The van der Waals surface area contributed by atoms with Crippen molar-refractivity contribution in [3.8, 4) is 0 Å². The average Bonchev–Trinajstić information content (AvgIpc) is 3.24. The van der Waals surface area contributed by atoms with E-state index in [-0.39, 0.29) is 11.8 Å². The minimum Gasteiger partial charge on any atom is -0.357 e. The van der Waals surface area contributed by atoms with Gasteiger partial charge in [-0.15, -0.1) is 11.3 Å². The molecule has 8 heteroatoms. The second-order valence-electron chi connectivity index (χ2n) is 6.82. The SMILES string of the molecule is CCNC(=NCCCCN1C(=O)c2ccccc2C1=O)NCCc1ncc(C)s1. The predicted molar refractivity (Wildman–Crippen MR) is 116 cm³/mol. The fourth-order valence-electron chi connectivity index (χ4n) is 3.16. The number of benzene rings is 1. The van der Waals surface area contributed by atoms with Crippen LogP contribution in [0.2, 0.25) is 0 Å². The van der Waals surface area contributed by atoms with Crippen LogP contribution < -0.4 is 10.6 Å². The number of imide groups is 1. The number of carbonyl (C=O) groups is 2. The number of nitrogens with zero attached hydrogens (tertiary/aromatic N) is 3. The van der Waals surface area contributed by atoms with Crippen LogP contribution in [0.15, 0.2) is 35.5 Å². The van der Waals surface area contributed by atoms with E-state index in [9.17, 15) is 9.59 Å². The van der Waals surface area contributed by atoms with E-state index in [1.807, 2.05) is 13.1 Å². The number of thiazole rings is 1. The number of rotatable bonds is 9. The summed E-state index contributed by atoms with van der Waals surface area (Å²) in [4.78, 5) is 36.2. The summed E-state index contributed by atoms with van der Waals surface area (Å²) in [6.07, 6.45) is 4.29. The number of carbonyl (C=O) groups excluding carboxylic acids is 2. The minimum absolute atomic E-state index is 0.193. The van der Waals surface area contributed by atoms with Gasteiger partial charge in [-0.25, -0.2) is 4.98 Å².